The minimum absolute atomic E-state index is 0.0299. The molecule has 1 amide bonds. The molecule has 0 spiro atoms. The highest BCUT2D eigenvalue weighted by Crippen LogP contribution is 2.05. The van der Waals surface area contributed by atoms with Crippen LogP contribution in [0.2, 0.25) is 0 Å². The molecule has 0 aromatic carbocycles. The normalized spacial score (nSPS) is 12.2. The standard InChI is InChI=1S/C14H24N4O2/c1-5-15-13-8-7-11(17-18-13)14(19)16-12(10(3)4)9-20-6-2/h7-8,10,12H,5-6,9H2,1-4H3,(H,15,18)(H,16,19). The molecule has 20 heavy (non-hydrogen) atoms. The first kappa shape index (κ1) is 16.4. The lowest BCUT2D eigenvalue weighted by atomic mass is 10.1. The minimum Gasteiger partial charge on any atom is -0.380 e. The summed E-state index contributed by atoms with van der Waals surface area (Å²) >= 11 is 0. The van der Waals surface area contributed by atoms with Crippen molar-refractivity contribution in [3.8, 4) is 0 Å². The van der Waals surface area contributed by atoms with Crippen LogP contribution in [-0.4, -0.2) is 41.9 Å². The second-order valence-corrected chi connectivity index (χ2v) is 4.82. The quantitative estimate of drug-likeness (QED) is 0.758. The molecule has 1 aromatic heterocycles. The van der Waals surface area contributed by atoms with Crippen LogP contribution in [0.4, 0.5) is 5.82 Å². The summed E-state index contributed by atoms with van der Waals surface area (Å²) in [6.07, 6.45) is 0. The number of anilines is 1. The van der Waals surface area contributed by atoms with Gasteiger partial charge in [0.1, 0.15) is 5.82 Å². The highest BCUT2D eigenvalue weighted by Gasteiger charge is 2.18. The molecule has 1 atom stereocenters. The Bertz CT molecular complexity index is 406. The summed E-state index contributed by atoms with van der Waals surface area (Å²) in [5, 5.41) is 13.8. The molecule has 0 radical (unpaired) electrons. The highest BCUT2D eigenvalue weighted by atomic mass is 16.5. The van der Waals surface area contributed by atoms with Crippen molar-refractivity contribution in [2.24, 2.45) is 5.92 Å². The van der Waals surface area contributed by atoms with Crippen LogP contribution >= 0.6 is 0 Å². The van der Waals surface area contributed by atoms with Gasteiger partial charge in [0, 0.05) is 13.2 Å². The van der Waals surface area contributed by atoms with Gasteiger partial charge < -0.3 is 15.4 Å². The van der Waals surface area contributed by atoms with Gasteiger partial charge in [0.25, 0.3) is 5.91 Å². The number of hydrogen-bond acceptors (Lipinski definition) is 5. The summed E-state index contributed by atoms with van der Waals surface area (Å²) in [6.45, 7) is 9.91. The Morgan fingerprint density at radius 3 is 2.55 bits per heavy atom. The van der Waals surface area contributed by atoms with E-state index >= 15 is 0 Å². The molecule has 0 saturated heterocycles. The van der Waals surface area contributed by atoms with Gasteiger partial charge in [-0.1, -0.05) is 13.8 Å². The lowest BCUT2D eigenvalue weighted by Crippen LogP contribution is -2.42. The molecule has 0 fully saturated rings. The zero-order valence-corrected chi connectivity index (χ0v) is 12.6. The minimum atomic E-state index is -0.223. The maximum Gasteiger partial charge on any atom is 0.272 e. The van der Waals surface area contributed by atoms with Crippen molar-refractivity contribution < 1.29 is 9.53 Å². The molecular formula is C14H24N4O2. The molecule has 0 bridgehead atoms. The van der Waals surface area contributed by atoms with Gasteiger partial charge in [0.15, 0.2) is 5.69 Å². The first-order valence-corrected chi connectivity index (χ1v) is 7.04. The molecule has 6 heteroatoms. The number of nitrogens with one attached hydrogen (secondary N) is 2. The third kappa shape index (κ3) is 5.13. The molecule has 1 rings (SSSR count). The van der Waals surface area contributed by atoms with Gasteiger partial charge in [-0.25, -0.2) is 0 Å². The van der Waals surface area contributed by atoms with Crippen molar-refractivity contribution in [1.82, 2.24) is 15.5 Å². The van der Waals surface area contributed by atoms with Gasteiger partial charge in [0.2, 0.25) is 0 Å². The predicted molar refractivity (Wildman–Crippen MR) is 78.8 cm³/mol. The Morgan fingerprint density at radius 1 is 1.30 bits per heavy atom. The van der Waals surface area contributed by atoms with Gasteiger partial charge in [0.05, 0.1) is 12.6 Å². The van der Waals surface area contributed by atoms with E-state index in [0.717, 1.165) is 6.54 Å². The van der Waals surface area contributed by atoms with Crippen molar-refractivity contribution in [3.05, 3.63) is 17.8 Å². The Kier molecular flexibility index (Phi) is 6.93. The van der Waals surface area contributed by atoms with Crippen molar-refractivity contribution in [2.75, 3.05) is 25.1 Å². The topological polar surface area (TPSA) is 76.1 Å². The molecule has 6 nitrogen and oxygen atoms in total. The van der Waals surface area contributed by atoms with Crippen LogP contribution in [0.3, 0.4) is 0 Å². The molecule has 0 aliphatic carbocycles. The molecule has 1 heterocycles. The van der Waals surface area contributed by atoms with Crippen LogP contribution in [0.5, 0.6) is 0 Å². The van der Waals surface area contributed by atoms with Gasteiger partial charge >= 0.3 is 0 Å². The number of carbonyl (C=O) groups is 1. The Hall–Kier alpha value is -1.69. The van der Waals surface area contributed by atoms with E-state index in [0.29, 0.717) is 30.6 Å². The molecule has 0 saturated carbocycles. The van der Waals surface area contributed by atoms with E-state index in [1.165, 1.54) is 0 Å². The first-order chi connectivity index (χ1) is 9.58. The van der Waals surface area contributed by atoms with Gasteiger partial charge in [-0.05, 0) is 31.9 Å². The molecule has 0 aliphatic rings. The Morgan fingerprint density at radius 2 is 2.05 bits per heavy atom. The summed E-state index contributed by atoms with van der Waals surface area (Å²) in [7, 11) is 0. The zero-order chi connectivity index (χ0) is 15.0. The van der Waals surface area contributed by atoms with Crippen LogP contribution in [0.1, 0.15) is 38.2 Å². The maximum atomic E-state index is 12.1. The fourth-order valence-corrected chi connectivity index (χ4v) is 1.62. The molecule has 112 valence electrons. The van der Waals surface area contributed by atoms with Crippen molar-refractivity contribution in [3.63, 3.8) is 0 Å². The molecular weight excluding hydrogens is 256 g/mol. The summed E-state index contributed by atoms with van der Waals surface area (Å²) in [5.41, 5.74) is 0.314. The van der Waals surface area contributed by atoms with Gasteiger partial charge in [-0.15, -0.1) is 10.2 Å². The summed E-state index contributed by atoms with van der Waals surface area (Å²) in [4.78, 5) is 12.1. The fraction of sp³-hybridized carbons (Fsp3) is 0.643. The fourth-order valence-electron chi connectivity index (χ4n) is 1.62. The van der Waals surface area contributed by atoms with Crippen molar-refractivity contribution >= 4 is 11.7 Å². The maximum absolute atomic E-state index is 12.1. The molecule has 0 aliphatic heterocycles. The molecule has 1 unspecified atom stereocenters. The second-order valence-electron chi connectivity index (χ2n) is 4.82. The second kappa shape index (κ2) is 8.47. The number of carbonyl (C=O) groups excluding carboxylic acids is 1. The predicted octanol–water partition coefficient (Wildman–Crippen LogP) is 1.70. The van der Waals surface area contributed by atoms with Crippen LogP contribution < -0.4 is 10.6 Å². The number of rotatable bonds is 8. The van der Waals surface area contributed by atoms with Gasteiger partial charge in [-0.2, -0.15) is 0 Å². The zero-order valence-electron chi connectivity index (χ0n) is 12.6. The summed E-state index contributed by atoms with van der Waals surface area (Å²) < 4.78 is 5.38. The largest absolute Gasteiger partial charge is 0.380 e. The van der Waals surface area contributed by atoms with Crippen LogP contribution in [-0.2, 0) is 4.74 Å². The van der Waals surface area contributed by atoms with Crippen molar-refractivity contribution in [2.45, 2.75) is 33.7 Å². The number of amides is 1. The molecule has 1 aromatic rings. The molecule has 2 N–H and O–H groups in total. The van der Waals surface area contributed by atoms with E-state index in [1.807, 2.05) is 27.7 Å². The van der Waals surface area contributed by atoms with E-state index in [9.17, 15) is 4.79 Å². The Balaban J connectivity index is 2.63. The Labute approximate surface area is 120 Å². The first-order valence-electron chi connectivity index (χ1n) is 7.04. The monoisotopic (exact) mass is 280 g/mol. The van der Waals surface area contributed by atoms with E-state index < -0.39 is 0 Å². The highest BCUT2D eigenvalue weighted by molar-refractivity contribution is 5.92. The number of aromatic nitrogens is 2. The van der Waals surface area contributed by atoms with E-state index in [4.69, 9.17) is 4.74 Å². The van der Waals surface area contributed by atoms with Gasteiger partial charge in [-0.3, -0.25) is 4.79 Å². The SMILES string of the molecule is CCNc1ccc(C(=O)NC(COCC)C(C)C)nn1. The van der Waals surface area contributed by atoms with Crippen LogP contribution in [0.25, 0.3) is 0 Å². The number of hydrogen-bond donors (Lipinski definition) is 2. The third-order valence-corrected chi connectivity index (χ3v) is 2.88. The lowest BCUT2D eigenvalue weighted by molar-refractivity contribution is 0.0801. The lowest BCUT2D eigenvalue weighted by Gasteiger charge is -2.21. The van der Waals surface area contributed by atoms with Crippen LogP contribution in [0, 0.1) is 5.92 Å². The third-order valence-electron chi connectivity index (χ3n) is 2.88. The number of nitrogens with zero attached hydrogens (tertiary/aromatic N) is 2. The summed E-state index contributed by atoms with van der Waals surface area (Å²) in [6, 6.07) is 3.38. The van der Waals surface area contributed by atoms with E-state index in [2.05, 4.69) is 20.8 Å². The average molecular weight is 280 g/mol. The summed E-state index contributed by atoms with van der Waals surface area (Å²) in [5.74, 6) is 0.734. The van der Waals surface area contributed by atoms with Crippen LogP contribution in [0.15, 0.2) is 12.1 Å². The van der Waals surface area contributed by atoms with Crippen molar-refractivity contribution in [1.29, 1.82) is 0 Å². The number of ether oxygens (including phenoxy) is 1. The average Bonchev–Trinajstić information content (AvgIpc) is 2.44. The smallest absolute Gasteiger partial charge is 0.272 e. The van der Waals surface area contributed by atoms with E-state index in [1.54, 1.807) is 12.1 Å². The van der Waals surface area contributed by atoms with E-state index in [-0.39, 0.29) is 11.9 Å².